The third-order valence-electron chi connectivity index (χ3n) is 3.88. The van der Waals surface area contributed by atoms with Crippen LogP contribution in [-0.2, 0) is 14.8 Å². The third-order valence-corrected chi connectivity index (χ3v) is 5.35. The van der Waals surface area contributed by atoms with Gasteiger partial charge in [-0.1, -0.05) is 37.6 Å². The number of para-hydroxylation sites is 1. The van der Waals surface area contributed by atoms with E-state index in [2.05, 4.69) is 20.7 Å². The van der Waals surface area contributed by atoms with Crippen molar-refractivity contribution in [2.24, 2.45) is 0 Å². The van der Waals surface area contributed by atoms with Crippen molar-refractivity contribution in [3.63, 3.8) is 0 Å². The zero-order valence-electron chi connectivity index (χ0n) is 16.3. The van der Waals surface area contributed by atoms with Crippen molar-refractivity contribution in [1.82, 2.24) is 4.72 Å². The van der Waals surface area contributed by atoms with Gasteiger partial charge in [0, 0.05) is 30.0 Å². The van der Waals surface area contributed by atoms with Crippen LogP contribution in [0.15, 0.2) is 54.6 Å². The van der Waals surface area contributed by atoms with Crippen LogP contribution in [-0.4, -0.2) is 32.7 Å². The second kappa shape index (κ2) is 11.2. The molecule has 0 spiro atoms. The van der Waals surface area contributed by atoms with Gasteiger partial charge in [-0.2, -0.15) is 0 Å². The highest BCUT2D eigenvalue weighted by Gasteiger charge is 2.10. The average Bonchev–Trinajstić information content (AvgIpc) is 2.67. The van der Waals surface area contributed by atoms with Crippen LogP contribution >= 0.6 is 0 Å². The third kappa shape index (κ3) is 8.75. The van der Waals surface area contributed by atoms with Gasteiger partial charge in [0.25, 0.3) is 0 Å². The minimum Gasteiger partial charge on any atom is -0.326 e. The van der Waals surface area contributed by atoms with Gasteiger partial charge in [0.05, 0.1) is 5.75 Å². The summed E-state index contributed by atoms with van der Waals surface area (Å²) in [6.07, 6.45) is 1.38. The van der Waals surface area contributed by atoms with Crippen molar-refractivity contribution in [2.45, 2.75) is 26.2 Å². The number of benzene rings is 2. The summed E-state index contributed by atoms with van der Waals surface area (Å²) in [5, 5.41) is 8.09. The van der Waals surface area contributed by atoms with Gasteiger partial charge in [0.15, 0.2) is 0 Å². The Hall–Kier alpha value is -2.91. The summed E-state index contributed by atoms with van der Waals surface area (Å²) >= 11 is 0. The van der Waals surface area contributed by atoms with E-state index in [1.807, 2.05) is 25.1 Å². The molecular weight excluding hydrogens is 392 g/mol. The first kappa shape index (κ1) is 22.4. The molecule has 9 heteroatoms. The zero-order valence-corrected chi connectivity index (χ0v) is 17.1. The Balaban J connectivity index is 1.81. The minimum absolute atomic E-state index is 0.0114. The number of anilines is 3. The molecule has 0 bridgehead atoms. The molecule has 0 heterocycles. The molecule has 3 amide bonds. The highest BCUT2D eigenvalue weighted by Crippen LogP contribution is 2.16. The molecule has 4 N–H and O–H groups in total. The molecular formula is C20H26N4O4S. The van der Waals surface area contributed by atoms with Crippen molar-refractivity contribution in [3.05, 3.63) is 54.6 Å². The SMILES string of the molecule is CCCCS(=O)(=O)NCCC(=O)Nc1cccc(NC(=O)Nc2ccccc2)c1. The van der Waals surface area contributed by atoms with E-state index in [0.29, 0.717) is 23.5 Å². The molecule has 29 heavy (non-hydrogen) atoms. The maximum Gasteiger partial charge on any atom is 0.323 e. The van der Waals surface area contributed by atoms with Gasteiger partial charge in [-0.3, -0.25) is 4.79 Å². The molecule has 8 nitrogen and oxygen atoms in total. The van der Waals surface area contributed by atoms with Crippen LogP contribution in [0, 0.1) is 0 Å². The first-order valence-corrected chi connectivity index (χ1v) is 11.0. The molecule has 0 fully saturated rings. The lowest BCUT2D eigenvalue weighted by atomic mass is 10.2. The number of sulfonamides is 1. The topological polar surface area (TPSA) is 116 Å². The van der Waals surface area contributed by atoms with Crippen molar-refractivity contribution in [2.75, 3.05) is 28.2 Å². The fourth-order valence-electron chi connectivity index (χ4n) is 2.44. The number of carbonyl (C=O) groups is 2. The van der Waals surface area contributed by atoms with Crippen LogP contribution in [0.5, 0.6) is 0 Å². The van der Waals surface area contributed by atoms with E-state index in [9.17, 15) is 18.0 Å². The van der Waals surface area contributed by atoms with Gasteiger partial charge in [0.2, 0.25) is 15.9 Å². The summed E-state index contributed by atoms with van der Waals surface area (Å²) in [4.78, 5) is 24.1. The van der Waals surface area contributed by atoms with Crippen LogP contribution in [0.2, 0.25) is 0 Å². The summed E-state index contributed by atoms with van der Waals surface area (Å²) in [6.45, 7) is 1.95. The molecule has 0 aliphatic heterocycles. The van der Waals surface area contributed by atoms with E-state index in [1.54, 1.807) is 36.4 Å². The lowest BCUT2D eigenvalue weighted by Crippen LogP contribution is -2.29. The molecule has 0 unspecified atom stereocenters. The molecule has 156 valence electrons. The number of hydrogen-bond acceptors (Lipinski definition) is 4. The van der Waals surface area contributed by atoms with Gasteiger partial charge < -0.3 is 16.0 Å². The molecule has 2 aromatic carbocycles. The van der Waals surface area contributed by atoms with Crippen molar-refractivity contribution in [3.8, 4) is 0 Å². The second-order valence-corrected chi connectivity index (χ2v) is 8.32. The summed E-state index contributed by atoms with van der Waals surface area (Å²) in [5.41, 5.74) is 1.67. The zero-order chi connectivity index (χ0) is 21.1. The minimum atomic E-state index is -3.34. The summed E-state index contributed by atoms with van der Waals surface area (Å²) in [5.74, 6) is -0.266. The monoisotopic (exact) mass is 418 g/mol. The Kier molecular flexibility index (Phi) is 8.63. The van der Waals surface area contributed by atoms with Gasteiger partial charge in [-0.15, -0.1) is 0 Å². The molecule has 0 aliphatic rings. The Morgan fingerprint density at radius 2 is 1.48 bits per heavy atom. The van der Waals surface area contributed by atoms with Crippen LogP contribution in [0.25, 0.3) is 0 Å². The van der Waals surface area contributed by atoms with Gasteiger partial charge in [-0.05, 0) is 36.8 Å². The molecule has 0 atom stereocenters. The number of urea groups is 1. The Morgan fingerprint density at radius 3 is 2.17 bits per heavy atom. The predicted molar refractivity (Wildman–Crippen MR) is 115 cm³/mol. The van der Waals surface area contributed by atoms with Crippen LogP contribution in [0.1, 0.15) is 26.2 Å². The number of nitrogens with one attached hydrogen (secondary N) is 4. The van der Waals surface area contributed by atoms with Crippen LogP contribution in [0.4, 0.5) is 21.9 Å². The van der Waals surface area contributed by atoms with Gasteiger partial charge >= 0.3 is 6.03 Å². The standard InChI is InChI=1S/C20H26N4O4S/c1-2-3-14-29(27,28)21-13-12-19(25)22-17-10-7-11-18(15-17)24-20(26)23-16-8-5-4-6-9-16/h4-11,15,21H,2-3,12-14H2,1H3,(H,22,25)(H2,23,24,26). The number of unbranched alkanes of at least 4 members (excludes halogenated alkanes) is 1. The first-order chi connectivity index (χ1) is 13.9. The van der Waals surface area contributed by atoms with Crippen molar-refractivity contribution < 1.29 is 18.0 Å². The highest BCUT2D eigenvalue weighted by molar-refractivity contribution is 7.89. The predicted octanol–water partition coefficient (Wildman–Crippen LogP) is 3.38. The number of hydrogen-bond donors (Lipinski definition) is 4. The highest BCUT2D eigenvalue weighted by atomic mass is 32.2. The molecule has 0 aliphatic carbocycles. The summed E-state index contributed by atoms with van der Waals surface area (Å²) < 4.78 is 25.9. The van der Waals surface area contributed by atoms with E-state index in [4.69, 9.17) is 0 Å². The molecule has 0 radical (unpaired) electrons. The smallest absolute Gasteiger partial charge is 0.323 e. The van der Waals surface area contributed by atoms with Gasteiger partial charge in [-0.25, -0.2) is 17.9 Å². The molecule has 0 saturated heterocycles. The largest absolute Gasteiger partial charge is 0.326 e. The molecule has 2 rings (SSSR count). The van der Waals surface area contributed by atoms with Gasteiger partial charge in [0.1, 0.15) is 0 Å². The second-order valence-electron chi connectivity index (χ2n) is 6.39. The average molecular weight is 419 g/mol. The van der Waals surface area contributed by atoms with E-state index in [1.165, 1.54) is 0 Å². The van der Waals surface area contributed by atoms with Crippen molar-refractivity contribution >= 4 is 39.0 Å². The Bertz CT molecular complexity index is 917. The quantitative estimate of drug-likeness (QED) is 0.473. The Morgan fingerprint density at radius 1 is 0.862 bits per heavy atom. The molecule has 2 aromatic rings. The number of amides is 3. The lowest BCUT2D eigenvalue weighted by molar-refractivity contribution is -0.116. The van der Waals surface area contributed by atoms with Crippen LogP contribution < -0.4 is 20.7 Å². The van der Waals surface area contributed by atoms with E-state index < -0.39 is 16.1 Å². The number of rotatable bonds is 10. The maximum absolute atomic E-state index is 12.1. The fraction of sp³-hybridized carbons (Fsp3) is 0.300. The first-order valence-electron chi connectivity index (χ1n) is 9.38. The van der Waals surface area contributed by atoms with Crippen LogP contribution in [0.3, 0.4) is 0 Å². The Labute approximate surface area is 171 Å². The lowest BCUT2D eigenvalue weighted by Gasteiger charge is -2.10. The maximum atomic E-state index is 12.1. The van der Waals surface area contributed by atoms with E-state index >= 15 is 0 Å². The van der Waals surface area contributed by atoms with E-state index in [-0.39, 0.29) is 24.6 Å². The molecule has 0 aromatic heterocycles. The van der Waals surface area contributed by atoms with E-state index in [0.717, 1.165) is 6.42 Å². The normalized spacial score (nSPS) is 10.9. The fourth-order valence-corrected chi connectivity index (χ4v) is 3.67. The molecule has 0 saturated carbocycles. The van der Waals surface area contributed by atoms with Crippen molar-refractivity contribution in [1.29, 1.82) is 0 Å². The summed E-state index contributed by atoms with van der Waals surface area (Å²) in [6, 6.07) is 15.3. The number of carbonyl (C=O) groups excluding carboxylic acids is 2. The summed E-state index contributed by atoms with van der Waals surface area (Å²) in [7, 11) is -3.34.